The zero-order valence-corrected chi connectivity index (χ0v) is 16.3. The van der Waals surface area contributed by atoms with Crippen LogP contribution in [0.4, 0.5) is 16.2 Å². The van der Waals surface area contributed by atoms with Crippen LogP contribution in [0.2, 0.25) is 0 Å². The van der Waals surface area contributed by atoms with Gasteiger partial charge in [0, 0.05) is 31.6 Å². The minimum Gasteiger partial charge on any atom is -0.421 e. The molecule has 1 aromatic heterocycles. The molecule has 10 nitrogen and oxygen atoms in total. The van der Waals surface area contributed by atoms with Crippen LogP contribution < -0.4 is 15.7 Å². The van der Waals surface area contributed by atoms with Gasteiger partial charge >= 0.3 is 11.7 Å². The van der Waals surface area contributed by atoms with Gasteiger partial charge < -0.3 is 19.4 Å². The summed E-state index contributed by atoms with van der Waals surface area (Å²) < 4.78 is 10.4. The number of carbonyl (C=O) groups is 2. The van der Waals surface area contributed by atoms with E-state index in [-0.39, 0.29) is 28.3 Å². The van der Waals surface area contributed by atoms with E-state index in [1.807, 2.05) is 0 Å². The Morgan fingerprint density at radius 3 is 2.53 bits per heavy atom. The Bertz CT molecular complexity index is 1230. The number of nitro benzene ring substituents is 1. The lowest BCUT2D eigenvalue weighted by Crippen LogP contribution is -2.25. The maximum Gasteiger partial charge on any atom is 0.414 e. The lowest BCUT2D eigenvalue weighted by molar-refractivity contribution is -0.385. The number of nitrogens with zero attached hydrogens (tertiary/aromatic N) is 2. The Hall–Kier alpha value is -4.21. The van der Waals surface area contributed by atoms with E-state index in [4.69, 9.17) is 9.15 Å². The summed E-state index contributed by atoms with van der Waals surface area (Å²) in [6, 6.07) is 9.88. The fourth-order valence-corrected chi connectivity index (χ4v) is 2.74. The highest BCUT2D eigenvalue weighted by Crippen LogP contribution is 2.27. The van der Waals surface area contributed by atoms with Crippen LogP contribution in [0.5, 0.6) is 5.75 Å². The fourth-order valence-electron chi connectivity index (χ4n) is 2.74. The van der Waals surface area contributed by atoms with Crippen molar-refractivity contribution in [3.8, 4) is 5.75 Å². The van der Waals surface area contributed by atoms with Gasteiger partial charge in [0.1, 0.15) is 22.6 Å². The van der Waals surface area contributed by atoms with Gasteiger partial charge in [-0.15, -0.1) is 0 Å². The summed E-state index contributed by atoms with van der Waals surface area (Å²) in [6.45, 7) is 1.60. The van der Waals surface area contributed by atoms with E-state index in [9.17, 15) is 24.5 Å². The third kappa shape index (κ3) is 3.97. The van der Waals surface area contributed by atoms with Crippen molar-refractivity contribution in [2.75, 3.05) is 19.4 Å². The normalized spacial score (nSPS) is 10.5. The molecule has 0 saturated carbocycles. The number of nitro groups is 1. The predicted molar refractivity (Wildman–Crippen MR) is 108 cm³/mol. The van der Waals surface area contributed by atoms with Gasteiger partial charge in [-0.2, -0.15) is 0 Å². The summed E-state index contributed by atoms with van der Waals surface area (Å²) in [7, 11) is 3.05. The van der Waals surface area contributed by atoms with E-state index in [0.29, 0.717) is 10.9 Å². The van der Waals surface area contributed by atoms with Crippen LogP contribution in [0.15, 0.2) is 51.7 Å². The minimum absolute atomic E-state index is 0.135. The second kappa shape index (κ2) is 8.03. The molecular formula is C20H17N3O7. The molecule has 10 heteroatoms. The van der Waals surface area contributed by atoms with Crippen molar-refractivity contribution in [2.24, 2.45) is 0 Å². The number of fused-ring (bicyclic) bond motifs is 1. The number of benzene rings is 2. The molecule has 0 aliphatic heterocycles. The van der Waals surface area contributed by atoms with Crippen molar-refractivity contribution in [1.82, 2.24) is 4.90 Å². The maximum atomic E-state index is 12.6. The number of rotatable bonds is 4. The van der Waals surface area contributed by atoms with Crippen molar-refractivity contribution in [3.63, 3.8) is 0 Å². The highest BCUT2D eigenvalue weighted by atomic mass is 16.6. The Morgan fingerprint density at radius 1 is 1.17 bits per heavy atom. The van der Waals surface area contributed by atoms with E-state index in [0.717, 1.165) is 0 Å². The van der Waals surface area contributed by atoms with Gasteiger partial charge in [0.15, 0.2) is 0 Å². The number of ether oxygens (including phenoxy) is 1. The van der Waals surface area contributed by atoms with Crippen LogP contribution in [0.1, 0.15) is 15.9 Å². The Kier molecular flexibility index (Phi) is 5.50. The highest BCUT2D eigenvalue weighted by Gasteiger charge is 2.22. The van der Waals surface area contributed by atoms with Gasteiger partial charge in [-0.05, 0) is 30.7 Å². The summed E-state index contributed by atoms with van der Waals surface area (Å²) in [5, 5.41) is 14.0. The smallest absolute Gasteiger partial charge is 0.414 e. The quantitative estimate of drug-likeness (QED) is 0.396. The van der Waals surface area contributed by atoms with Crippen LogP contribution in [0.25, 0.3) is 11.0 Å². The standard InChI is InChI=1S/C20H17N3O7/c1-11-13-9-8-12(29-20(26)22(2)3)10-16(13)30-19(25)17(11)21-18(24)14-6-4-5-7-15(14)23(27)28/h4-10H,1-3H3,(H,21,24). The molecule has 0 fully saturated rings. The van der Waals surface area contributed by atoms with Crippen LogP contribution in [-0.2, 0) is 0 Å². The number of amides is 2. The third-order valence-corrected chi connectivity index (χ3v) is 4.29. The van der Waals surface area contributed by atoms with E-state index in [1.54, 1.807) is 13.0 Å². The molecule has 0 bridgehead atoms. The average molecular weight is 411 g/mol. The van der Waals surface area contributed by atoms with Crippen molar-refractivity contribution in [1.29, 1.82) is 0 Å². The summed E-state index contributed by atoms with van der Waals surface area (Å²) >= 11 is 0. The molecule has 2 aromatic carbocycles. The second-order valence-electron chi connectivity index (χ2n) is 6.54. The Morgan fingerprint density at radius 2 is 1.87 bits per heavy atom. The highest BCUT2D eigenvalue weighted by molar-refractivity contribution is 6.08. The molecule has 3 aromatic rings. The van der Waals surface area contributed by atoms with Crippen LogP contribution in [-0.4, -0.2) is 35.9 Å². The summed E-state index contributed by atoms with van der Waals surface area (Å²) in [4.78, 5) is 48.4. The molecular weight excluding hydrogens is 394 g/mol. The van der Waals surface area contributed by atoms with Crippen molar-refractivity contribution in [2.45, 2.75) is 6.92 Å². The monoisotopic (exact) mass is 411 g/mol. The van der Waals surface area contributed by atoms with E-state index < -0.39 is 22.5 Å². The zero-order chi connectivity index (χ0) is 22.0. The SMILES string of the molecule is Cc1c(NC(=O)c2ccccc2[N+](=O)[O-])c(=O)oc2cc(OC(=O)N(C)C)ccc12. The van der Waals surface area contributed by atoms with E-state index in [2.05, 4.69) is 5.32 Å². The minimum atomic E-state index is -0.844. The number of aryl methyl sites for hydroxylation is 1. The average Bonchev–Trinajstić information content (AvgIpc) is 2.70. The first-order valence-corrected chi connectivity index (χ1v) is 8.70. The first kappa shape index (κ1) is 20.5. The first-order chi connectivity index (χ1) is 14.2. The Labute approximate surface area is 169 Å². The van der Waals surface area contributed by atoms with Gasteiger partial charge in [-0.25, -0.2) is 9.59 Å². The molecule has 2 amide bonds. The molecule has 0 aliphatic carbocycles. The summed E-state index contributed by atoms with van der Waals surface area (Å²) in [6.07, 6.45) is -0.596. The van der Waals surface area contributed by atoms with Gasteiger partial charge in [0.2, 0.25) is 0 Å². The predicted octanol–water partition coefficient (Wildman–Crippen LogP) is 3.32. The Balaban J connectivity index is 1.98. The van der Waals surface area contributed by atoms with Crippen LogP contribution in [0.3, 0.4) is 0 Å². The fraction of sp³-hybridized carbons (Fsp3) is 0.150. The van der Waals surface area contributed by atoms with Gasteiger partial charge in [0.25, 0.3) is 11.6 Å². The molecule has 0 atom stereocenters. The van der Waals surface area contributed by atoms with Crippen molar-refractivity contribution < 1.29 is 23.7 Å². The molecule has 30 heavy (non-hydrogen) atoms. The lowest BCUT2D eigenvalue weighted by Gasteiger charge is -2.12. The number of hydrogen-bond acceptors (Lipinski definition) is 7. The molecule has 154 valence electrons. The van der Waals surface area contributed by atoms with Crippen LogP contribution in [0, 0.1) is 17.0 Å². The largest absolute Gasteiger partial charge is 0.421 e. The molecule has 0 spiro atoms. The number of para-hydroxylation sites is 1. The number of nitrogens with one attached hydrogen (secondary N) is 1. The molecule has 3 rings (SSSR count). The third-order valence-electron chi connectivity index (χ3n) is 4.29. The number of carbonyl (C=O) groups excluding carboxylic acids is 2. The van der Waals surface area contributed by atoms with Crippen molar-refractivity contribution >= 4 is 34.3 Å². The van der Waals surface area contributed by atoms with Gasteiger partial charge in [0.05, 0.1) is 4.92 Å². The van der Waals surface area contributed by atoms with E-state index in [1.165, 1.54) is 55.4 Å². The summed E-state index contributed by atoms with van der Waals surface area (Å²) in [5.41, 5.74) is -0.992. The molecule has 1 heterocycles. The maximum absolute atomic E-state index is 12.6. The molecule has 0 aliphatic rings. The number of hydrogen-bond donors (Lipinski definition) is 1. The topological polar surface area (TPSA) is 132 Å². The zero-order valence-electron chi connectivity index (χ0n) is 16.3. The lowest BCUT2D eigenvalue weighted by atomic mass is 10.1. The van der Waals surface area contributed by atoms with Crippen molar-refractivity contribution in [3.05, 3.63) is 74.1 Å². The number of anilines is 1. The van der Waals surface area contributed by atoms with Crippen LogP contribution >= 0.6 is 0 Å². The molecule has 0 saturated heterocycles. The van der Waals surface area contributed by atoms with E-state index >= 15 is 0 Å². The second-order valence-corrected chi connectivity index (χ2v) is 6.54. The van der Waals surface area contributed by atoms with Gasteiger partial charge in [-0.3, -0.25) is 14.9 Å². The van der Waals surface area contributed by atoms with Gasteiger partial charge in [-0.1, -0.05) is 12.1 Å². The molecule has 0 radical (unpaired) electrons. The first-order valence-electron chi connectivity index (χ1n) is 8.70. The molecule has 1 N–H and O–H groups in total. The summed E-state index contributed by atoms with van der Waals surface area (Å²) in [5.74, 6) is -0.631. The molecule has 0 unspecified atom stereocenters.